The minimum absolute atomic E-state index is 0.224. The second-order valence-corrected chi connectivity index (χ2v) is 5.25. The Morgan fingerprint density at radius 1 is 1.33 bits per heavy atom. The van der Waals surface area contributed by atoms with E-state index in [0.29, 0.717) is 12.0 Å². The molecule has 0 radical (unpaired) electrons. The van der Waals surface area contributed by atoms with Crippen molar-refractivity contribution in [2.75, 3.05) is 32.6 Å². The highest BCUT2D eigenvalue weighted by atomic mass is 32.2. The average molecular weight is 235 g/mol. The summed E-state index contributed by atoms with van der Waals surface area (Å²) in [5.41, 5.74) is 0. The number of nitrogens with one attached hydrogen (secondary N) is 1. The van der Waals surface area contributed by atoms with Gasteiger partial charge in [-0.2, -0.15) is 11.8 Å². The van der Waals surface area contributed by atoms with Gasteiger partial charge in [0.05, 0.1) is 13.2 Å². The molecule has 2 N–H and O–H groups in total. The van der Waals surface area contributed by atoms with Crippen LogP contribution in [0.25, 0.3) is 0 Å². The molecule has 3 nitrogen and oxygen atoms in total. The fourth-order valence-electron chi connectivity index (χ4n) is 1.25. The summed E-state index contributed by atoms with van der Waals surface area (Å²) < 4.78 is 5.46. The van der Waals surface area contributed by atoms with E-state index < -0.39 is 0 Å². The van der Waals surface area contributed by atoms with Crippen LogP contribution < -0.4 is 5.32 Å². The van der Waals surface area contributed by atoms with Crippen LogP contribution in [0.2, 0.25) is 0 Å². The lowest BCUT2D eigenvalue weighted by atomic mass is 10.2. The molecule has 0 fully saturated rings. The van der Waals surface area contributed by atoms with Crippen molar-refractivity contribution >= 4 is 11.8 Å². The first-order chi connectivity index (χ1) is 7.11. The summed E-state index contributed by atoms with van der Waals surface area (Å²) in [6.45, 7) is 9.03. The van der Waals surface area contributed by atoms with Gasteiger partial charge in [0.25, 0.3) is 0 Å². The fraction of sp³-hybridized carbons (Fsp3) is 1.00. The molecule has 0 amide bonds. The molecule has 0 saturated carbocycles. The van der Waals surface area contributed by atoms with Crippen molar-refractivity contribution in [2.45, 2.75) is 32.1 Å². The summed E-state index contributed by atoms with van der Waals surface area (Å²) >= 11 is 1.69. The lowest BCUT2D eigenvalue weighted by Crippen LogP contribution is -2.39. The number of hydrogen-bond acceptors (Lipinski definition) is 4. The first-order valence-electron chi connectivity index (χ1n) is 5.56. The Bertz CT molecular complexity index is 141. The number of ether oxygens (including phenoxy) is 1. The van der Waals surface area contributed by atoms with Crippen LogP contribution in [0.4, 0.5) is 0 Å². The van der Waals surface area contributed by atoms with Crippen molar-refractivity contribution < 1.29 is 9.84 Å². The quantitative estimate of drug-likeness (QED) is 0.592. The summed E-state index contributed by atoms with van der Waals surface area (Å²) in [4.78, 5) is 0. The molecule has 0 aromatic rings. The molecular weight excluding hydrogens is 210 g/mol. The van der Waals surface area contributed by atoms with E-state index in [2.05, 4.69) is 26.1 Å². The zero-order valence-corrected chi connectivity index (χ0v) is 11.1. The van der Waals surface area contributed by atoms with Crippen LogP contribution >= 0.6 is 11.8 Å². The Hall–Kier alpha value is 0.230. The van der Waals surface area contributed by atoms with Gasteiger partial charge < -0.3 is 15.2 Å². The number of aliphatic hydroxyl groups excluding tert-OH is 1. The molecule has 0 saturated heterocycles. The Morgan fingerprint density at radius 3 is 2.47 bits per heavy atom. The Kier molecular flexibility index (Phi) is 9.60. The van der Waals surface area contributed by atoms with Gasteiger partial charge in [-0.3, -0.25) is 0 Å². The third-order valence-electron chi connectivity index (χ3n) is 2.20. The summed E-state index contributed by atoms with van der Waals surface area (Å²) in [7, 11) is 0. The van der Waals surface area contributed by atoms with Gasteiger partial charge >= 0.3 is 0 Å². The molecular formula is C11H25NO2S. The second-order valence-electron chi connectivity index (χ2n) is 4.17. The monoisotopic (exact) mass is 235 g/mol. The number of rotatable bonds is 9. The van der Waals surface area contributed by atoms with E-state index in [4.69, 9.17) is 9.84 Å². The van der Waals surface area contributed by atoms with E-state index >= 15 is 0 Å². The molecule has 0 aliphatic heterocycles. The van der Waals surface area contributed by atoms with Crippen molar-refractivity contribution in [3.05, 3.63) is 0 Å². The topological polar surface area (TPSA) is 41.5 Å². The standard InChI is InChI=1S/C11H25NO2S/c1-9(2)8-14-6-5-12-10(3)11(7-13)15-4/h9-13H,5-8H2,1-4H3. The Balaban J connectivity index is 3.41. The van der Waals surface area contributed by atoms with E-state index in [1.807, 2.05) is 6.26 Å². The summed E-state index contributed by atoms with van der Waals surface area (Å²) in [5, 5.41) is 12.7. The van der Waals surface area contributed by atoms with Crippen LogP contribution in [0.5, 0.6) is 0 Å². The predicted octanol–water partition coefficient (Wildman–Crippen LogP) is 1.36. The molecule has 2 atom stereocenters. The van der Waals surface area contributed by atoms with Gasteiger partial charge in [-0.25, -0.2) is 0 Å². The summed E-state index contributed by atoms with van der Waals surface area (Å²) in [6.07, 6.45) is 2.02. The predicted molar refractivity (Wildman–Crippen MR) is 67.5 cm³/mol. The minimum atomic E-state index is 0.224. The van der Waals surface area contributed by atoms with Crippen LogP contribution in [0.15, 0.2) is 0 Å². The van der Waals surface area contributed by atoms with Crippen LogP contribution in [0.1, 0.15) is 20.8 Å². The van der Waals surface area contributed by atoms with Crippen LogP contribution in [0.3, 0.4) is 0 Å². The van der Waals surface area contributed by atoms with Crippen LogP contribution in [-0.4, -0.2) is 49.0 Å². The molecule has 0 heterocycles. The maximum Gasteiger partial charge on any atom is 0.0591 e. The van der Waals surface area contributed by atoms with E-state index in [9.17, 15) is 0 Å². The van der Waals surface area contributed by atoms with E-state index in [1.54, 1.807) is 11.8 Å². The molecule has 15 heavy (non-hydrogen) atoms. The third-order valence-corrected chi connectivity index (χ3v) is 3.37. The SMILES string of the molecule is CSC(CO)C(C)NCCOCC(C)C. The van der Waals surface area contributed by atoms with Crippen molar-refractivity contribution in [3.8, 4) is 0 Å². The van der Waals surface area contributed by atoms with Crippen molar-refractivity contribution in [1.82, 2.24) is 5.32 Å². The van der Waals surface area contributed by atoms with E-state index in [1.165, 1.54) is 0 Å². The number of hydrogen-bond donors (Lipinski definition) is 2. The first-order valence-corrected chi connectivity index (χ1v) is 6.85. The summed E-state index contributed by atoms with van der Waals surface area (Å²) in [6, 6.07) is 0.327. The lowest BCUT2D eigenvalue weighted by molar-refractivity contribution is 0.110. The van der Waals surface area contributed by atoms with Crippen molar-refractivity contribution in [2.24, 2.45) is 5.92 Å². The maximum atomic E-state index is 9.08. The van der Waals surface area contributed by atoms with Crippen LogP contribution in [-0.2, 0) is 4.74 Å². The molecule has 2 unspecified atom stereocenters. The molecule has 4 heteroatoms. The highest BCUT2D eigenvalue weighted by molar-refractivity contribution is 7.99. The Labute approximate surface area is 98.0 Å². The molecule has 0 aromatic carbocycles. The van der Waals surface area contributed by atoms with Gasteiger partial charge in [0.1, 0.15) is 0 Å². The smallest absolute Gasteiger partial charge is 0.0591 e. The van der Waals surface area contributed by atoms with Crippen molar-refractivity contribution in [3.63, 3.8) is 0 Å². The van der Waals surface area contributed by atoms with Crippen LogP contribution in [0, 0.1) is 5.92 Å². The average Bonchev–Trinajstić information content (AvgIpc) is 2.18. The molecule has 0 aliphatic rings. The van der Waals surface area contributed by atoms with Gasteiger partial charge in [0, 0.05) is 24.4 Å². The molecule has 0 aliphatic carbocycles. The Morgan fingerprint density at radius 2 is 2.00 bits per heavy atom. The maximum absolute atomic E-state index is 9.08. The zero-order valence-electron chi connectivity index (χ0n) is 10.3. The van der Waals surface area contributed by atoms with Gasteiger partial charge in [-0.05, 0) is 19.1 Å². The molecule has 0 rings (SSSR count). The highest BCUT2D eigenvalue weighted by Gasteiger charge is 2.13. The van der Waals surface area contributed by atoms with E-state index in [0.717, 1.165) is 19.8 Å². The van der Waals surface area contributed by atoms with E-state index in [-0.39, 0.29) is 11.9 Å². The second kappa shape index (κ2) is 9.46. The number of thioether (sulfide) groups is 1. The molecule has 0 spiro atoms. The zero-order chi connectivity index (χ0) is 11.7. The third kappa shape index (κ3) is 8.08. The van der Waals surface area contributed by atoms with Gasteiger partial charge in [0.2, 0.25) is 0 Å². The molecule has 0 aromatic heterocycles. The van der Waals surface area contributed by atoms with Gasteiger partial charge in [-0.15, -0.1) is 0 Å². The minimum Gasteiger partial charge on any atom is -0.395 e. The fourth-order valence-corrected chi connectivity index (χ4v) is 1.90. The normalized spacial score (nSPS) is 15.6. The largest absolute Gasteiger partial charge is 0.395 e. The number of aliphatic hydroxyl groups is 1. The van der Waals surface area contributed by atoms with Crippen molar-refractivity contribution in [1.29, 1.82) is 0 Å². The van der Waals surface area contributed by atoms with Gasteiger partial charge in [0.15, 0.2) is 0 Å². The molecule has 0 bridgehead atoms. The van der Waals surface area contributed by atoms with Gasteiger partial charge in [-0.1, -0.05) is 13.8 Å². The highest BCUT2D eigenvalue weighted by Crippen LogP contribution is 2.09. The molecule has 92 valence electrons. The lowest BCUT2D eigenvalue weighted by Gasteiger charge is -2.21. The summed E-state index contributed by atoms with van der Waals surface area (Å²) in [5.74, 6) is 0.596. The first kappa shape index (κ1) is 15.2.